The highest BCUT2D eigenvalue weighted by Gasteiger charge is 2.30. The number of fused-ring (bicyclic) bond motifs is 2. The van der Waals surface area contributed by atoms with Crippen molar-refractivity contribution in [3.63, 3.8) is 0 Å². The van der Waals surface area contributed by atoms with E-state index >= 15 is 0 Å². The predicted molar refractivity (Wildman–Crippen MR) is 104 cm³/mol. The summed E-state index contributed by atoms with van der Waals surface area (Å²) in [7, 11) is 0. The van der Waals surface area contributed by atoms with E-state index in [0.717, 1.165) is 42.3 Å². The lowest BCUT2D eigenvalue weighted by Gasteiger charge is -2.39. The van der Waals surface area contributed by atoms with Crippen molar-refractivity contribution in [2.45, 2.75) is 19.4 Å². The maximum absolute atomic E-state index is 6.09. The standard InChI is InChI=1S/C21H23N5O2/c1-14-9-18(26-21(24-14)22-13-23-26)20-11-25(7-8-27-20)15(2)17-10-16-5-3-4-6-19(16)28-12-17/h3-6,9,13,17,20H,2,7-8,10-12H2,1H3/t17-,20-/m0/s1. The highest BCUT2D eigenvalue weighted by atomic mass is 16.5. The number of hydrogen-bond acceptors (Lipinski definition) is 6. The van der Waals surface area contributed by atoms with Crippen LogP contribution in [-0.2, 0) is 11.2 Å². The van der Waals surface area contributed by atoms with E-state index in [1.807, 2.05) is 25.1 Å². The van der Waals surface area contributed by atoms with Gasteiger partial charge in [0, 0.05) is 30.4 Å². The Hall–Kier alpha value is -2.93. The van der Waals surface area contributed by atoms with Crippen LogP contribution in [0.4, 0.5) is 0 Å². The Labute approximate surface area is 163 Å². The molecule has 2 aromatic heterocycles. The molecule has 0 radical (unpaired) electrons. The summed E-state index contributed by atoms with van der Waals surface area (Å²) in [5.74, 6) is 1.87. The van der Waals surface area contributed by atoms with E-state index in [4.69, 9.17) is 9.47 Å². The van der Waals surface area contributed by atoms with Gasteiger partial charge in [-0.3, -0.25) is 0 Å². The fourth-order valence-electron chi connectivity index (χ4n) is 4.08. The number of aryl methyl sites for hydroxylation is 1. The number of ether oxygens (including phenoxy) is 2. The Morgan fingerprint density at radius 2 is 2.18 bits per heavy atom. The molecule has 0 saturated carbocycles. The lowest BCUT2D eigenvalue weighted by Crippen LogP contribution is -2.41. The summed E-state index contributed by atoms with van der Waals surface area (Å²) < 4.78 is 13.8. The first kappa shape index (κ1) is 17.2. The quantitative estimate of drug-likeness (QED) is 0.699. The van der Waals surface area contributed by atoms with Crippen molar-refractivity contribution in [1.82, 2.24) is 24.5 Å². The maximum Gasteiger partial charge on any atom is 0.252 e. The molecule has 1 saturated heterocycles. The molecule has 0 bridgehead atoms. The van der Waals surface area contributed by atoms with Crippen LogP contribution in [-0.4, -0.2) is 50.8 Å². The number of rotatable bonds is 3. The van der Waals surface area contributed by atoms with Crippen LogP contribution in [0.5, 0.6) is 5.75 Å². The summed E-state index contributed by atoms with van der Waals surface area (Å²) in [5.41, 5.74) is 4.25. The first-order chi connectivity index (χ1) is 13.7. The average Bonchev–Trinajstić information content (AvgIpc) is 3.20. The van der Waals surface area contributed by atoms with Gasteiger partial charge in [-0.15, -0.1) is 0 Å². The summed E-state index contributed by atoms with van der Waals surface area (Å²) in [6.07, 6.45) is 2.38. The van der Waals surface area contributed by atoms with Gasteiger partial charge >= 0.3 is 0 Å². The van der Waals surface area contributed by atoms with Crippen LogP contribution in [0.1, 0.15) is 23.1 Å². The summed E-state index contributed by atoms with van der Waals surface area (Å²) >= 11 is 0. The van der Waals surface area contributed by atoms with Crippen molar-refractivity contribution in [3.8, 4) is 5.75 Å². The second-order valence-electron chi connectivity index (χ2n) is 7.41. The van der Waals surface area contributed by atoms with Crippen LogP contribution in [0.15, 0.2) is 48.9 Å². The molecule has 2 atom stereocenters. The van der Waals surface area contributed by atoms with E-state index in [0.29, 0.717) is 19.0 Å². The zero-order valence-corrected chi connectivity index (χ0v) is 15.9. The van der Waals surface area contributed by atoms with Crippen LogP contribution in [0.3, 0.4) is 0 Å². The van der Waals surface area contributed by atoms with Crippen molar-refractivity contribution in [2.24, 2.45) is 5.92 Å². The molecule has 0 aliphatic carbocycles. The maximum atomic E-state index is 6.09. The fraction of sp³-hybridized carbons (Fsp3) is 0.381. The molecule has 0 amide bonds. The zero-order chi connectivity index (χ0) is 19.1. The molecule has 2 aliphatic rings. The van der Waals surface area contributed by atoms with Crippen molar-refractivity contribution in [3.05, 3.63) is 65.9 Å². The number of morpholine rings is 1. The molecule has 144 valence electrons. The molecule has 28 heavy (non-hydrogen) atoms. The van der Waals surface area contributed by atoms with Gasteiger partial charge in [0.2, 0.25) is 0 Å². The predicted octanol–water partition coefficient (Wildman–Crippen LogP) is 2.57. The van der Waals surface area contributed by atoms with Gasteiger partial charge in [0.15, 0.2) is 0 Å². The number of para-hydroxylation sites is 1. The number of benzene rings is 1. The first-order valence-corrected chi connectivity index (χ1v) is 9.62. The SMILES string of the molecule is C=C([C@@H]1COc2ccccc2C1)N1CCO[C@H](c2cc(C)nc3ncnn23)C1. The summed E-state index contributed by atoms with van der Waals surface area (Å²) in [5, 5.41) is 4.32. The zero-order valence-electron chi connectivity index (χ0n) is 15.9. The molecule has 7 nitrogen and oxygen atoms in total. The highest BCUT2D eigenvalue weighted by Crippen LogP contribution is 2.33. The van der Waals surface area contributed by atoms with Gasteiger partial charge < -0.3 is 14.4 Å². The Morgan fingerprint density at radius 3 is 3.11 bits per heavy atom. The van der Waals surface area contributed by atoms with Gasteiger partial charge in [0.25, 0.3) is 5.78 Å². The fourth-order valence-corrected chi connectivity index (χ4v) is 4.08. The van der Waals surface area contributed by atoms with Gasteiger partial charge in [-0.25, -0.2) is 4.98 Å². The minimum atomic E-state index is -0.104. The van der Waals surface area contributed by atoms with Crippen molar-refractivity contribution >= 4 is 5.78 Å². The van der Waals surface area contributed by atoms with E-state index in [1.54, 1.807) is 4.52 Å². The largest absolute Gasteiger partial charge is 0.493 e. The van der Waals surface area contributed by atoms with E-state index in [-0.39, 0.29) is 12.0 Å². The number of hydrogen-bond donors (Lipinski definition) is 0. The van der Waals surface area contributed by atoms with Gasteiger partial charge in [0.1, 0.15) is 18.2 Å². The monoisotopic (exact) mass is 377 g/mol. The number of aromatic nitrogens is 4. The number of nitrogens with zero attached hydrogens (tertiary/aromatic N) is 5. The van der Waals surface area contributed by atoms with Crippen molar-refractivity contribution in [1.29, 1.82) is 0 Å². The third-order valence-electron chi connectivity index (χ3n) is 5.56. The third-order valence-corrected chi connectivity index (χ3v) is 5.56. The molecule has 1 fully saturated rings. The molecule has 0 spiro atoms. The molecule has 1 aromatic carbocycles. The third kappa shape index (κ3) is 3.01. The highest BCUT2D eigenvalue weighted by molar-refractivity contribution is 5.36. The first-order valence-electron chi connectivity index (χ1n) is 9.62. The van der Waals surface area contributed by atoms with E-state index < -0.39 is 0 Å². The van der Waals surface area contributed by atoms with E-state index in [9.17, 15) is 0 Å². The van der Waals surface area contributed by atoms with Gasteiger partial charge in [0.05, 0.1) is 18.9 Å². The van der Waals surface area contributed by atoms with Gasteiger partial charge in [-0.05, 0) is 31.0 Å². The molecular weight excluding hydrogens is 354 g/mol. The lowest BCUT2D eigenvalue weighted by molar-refractivity contribution is -0.0259. The molecule has 0 unspecified atom stereocenters. The average molecular weight is 377 g/mol. The van der Waals surface area contributed by atoms with Crippen LogP contribution in [0.2, 0.25) is 0 Å². The Balaban J connectivity index is 1.36. The molecule has 4 heterocycles. The van der Waals surface area contributed by atoms with Gasteiger partial charge in [-0.1, -0.05) is 24.8 Å². The van der Waals surface area contributed by atoms with E-state index in [1.165, 1.54) is 11.9 Å². The summed E-state index contributed by atoms with van der Waals surface area (Å²) in [6, 6.07) is 10.3. The van der Waals surface area contributed by atoms with Crippen LogP contribution >= 0.6 is 0 Å². The molecule has 7 heteroatoms. The minimum absolute atomic E-state index is 0.104. The van der Waals surface area contributed by atoms with Crippen LogP contribution in [0, 0.1) is 12.8 Å². The van der Waals surface area contributed by atoms with Crippen LogP contribution < -0.4 is 4.74 Å². The topological polar surface area (TPSA) is 64.8 Å². The van der Waals surface area contributed by atoms with E-state index in [2.05, 4.69) is 38.7 Å². The summed E-state index contributed by atoms with van der Waals surface area (Å²) in [6.45, 7) is 9.26. The van der Waals surface area contributed by atoms with Crippen molar-refractivity contribution < 1.29 is 9.47 Å². The molecule has 0 N–H and O–H groups in total. The molecular formula is C21H23N5O2. The normalized spacial score (nSPS) is 22.0. The Kier molecular flexibility index (Phi) is 4.24. The molecule has 3 aromatic rings. The van der Waals surface area contributed by atoms with Crippen molar-refractivity contribution in [2.75, 3.05) is 26.3 Å². The molecule has 5 rings (SSSR count). The Morgan fingerprint density at radius 1 is 1.29 bits per heavy atom. The second kappa shape index (κ2) is 6.91. The smallest absolute Gasteiger partial charge is 0.252 e. The lowest BCUT2D eigenvalue weighted by atomic mass is 9.93. The Bertz CT molecular complexity index is 1030. The van der Waals surface area contributed by atoms with Gasteiger partial charge in [-0.2, -0.15) is 14.6 Å². The summed E-state index contributed by atoms with van der Waals surface area (Å²) in [4.78, 5) is 11.0. The second-order valence-corrected chi connectivity index (χ2v) is 7.41. The minimum Gasteiger partial charge on any atom is -0.493 e. The molecule has 2 aliphatic heterocycles. The van der Waals surface area contributed by atoms with Crippen LogP contribution in [0.25, 0.3) is 5.78 Å².